The van der Waals surface area contributed by atoms with Crippen LogP contribution in [0.5, 0.6) is 5.75 Å². The van der Waals surface area contributed by atoms with Gasteiger partial charge in [-0.15, -0.1) is 5.10 Å². The van der Waals surface area contributed by atoms with Crippen LogP contribution in [0.25, 0.3) is 5.69 Å². The van der Waals surface area contributed by atoms with Gasteiger partial charge in [-0.2, -0.15) is 0 Å². The number of nitrogens with zero attached hydrogens (tertiary/aromatic N) is 4. The molecule has 0 atom stereocenters. The van der Waals surface area contributed by atoms with Crippen molar-refractivity contribution in [3.8, 4) is 11.4 Å². The summed E-state index contributed by atoms with van der Waals surface area (Å²) in [6.45, 7) is 7.71. The van der Waals surface area contributed by atoms with Crippen LogP contribution in [0.1, 0.15) is 58.2 Å². The fraction of sp³-hybridized carbons (Fsp3) is 0.206. The molecule has 9 heteroatoms. The van der Waals surface area contributed by atoms with E-state index in [0.29, 0.717) is 28.8 Å². The van der Waals surface area contributed by atoms with Crippen LogP contribution in [0.3, 0.4) is 0 Å². The minimum absolute atomic E-state index is 0.123. The molecule has 7 nitrogen and oxygen atoms in total. The molecule has 0 aliphatic carbocycles. The van der Waals surface area contributed by atoms with Gasteiger partial charge in [0.05, 0.1) is 21.3 Å². The average molecular weight is 616 g/mol. The molecule has 0 radical (unpaired) electrons. The van der Waals surface area contributed by atoms with Gasteiger partial charge in [-0.3, -0.25) is 0 Å². The van der Waals surface area contributed by atoms with Crippen molar-refractivity contribution in [1.29, 1.82) is 0 Å². The number of anilines is 1. The van der Waals surface area contributed by atoms with Crippen LogP contribution >= 0.6 is 23.2 Å². The Morgan fingerprint density at radius 3 is 2.26 bits per heavy atom. The summed E-state index contributed by atoms with van der Waals surface area (Å²) < 4.78 is 7.95. The molecular formula is C34H32Cl2N4O3. The van der Waals surface area contributed by atoms with Crippen molar-refractivity contribution in [2.24, 2.45) is 0 Å². The zero-order valence-corrected chi connectivity index (χ0v) is 25.7. The first-order chi connectivity index (χ1) is 20.7. The van der Waals surface area contributed by atoms with Gasteiger partial charge in [0.25, 0.3) is 0 Å². The van der Waals surface area contributed by atoms with Crippen molar-refractivity contribution in [2.45, 2.75) is 46.4 Å². The van der Waals surface area contributed by atoms with Gasteiger partial charge in [-0.05, 0) is 78.1 Å². The molecule has 0 bridgehead atoms. The lowest BCUT2D eigenvalue weighted by atomic mass is 10.1. The van der Waals surface area contributed by atoms with E-state index in [1.54, 1.807) is 35.0 Å². The predicted molar refractivity (Wildman–Crippen MR) is 171 cm³/mol. The van der Waals surface area contributed by atoms with E-state index in [1.807, 2.05) is 42.5 Å². The van der Waals surface area contributed by atoms with Crippen LogP contribution in [-0.2, 0) is 19.7 Å². The number of rotatable bonds is 11. The molecule has 5 rings (SSSR count). The number of carboxylic acids is 1. The van der Waals surface area contributed by atoms with Crippen LogP contribution in [0.4, 0.5) is 5.69 Å². The highest BCUT2D eigenvalue weighted by Crippen LogP contribution is 2.31. The number of ether oxygens (including phenoxy) is 1. The topological polar surface area (TPSA) is 80.5 Å². The number of aromatic nitrogens is 3. The number of carboxylic acid groups (broad SMARTS) is 1. The van der Waals surface area contributed by atoms with Crippen LogP contribution in [-0.4, -0.2) is 26.1 Å². The largest absolute Gasteiger partial charge is 0.487 e. The van der Waals surface area contributed by atoms with Crippen molar-refractivity contribution in [1.82, 2.24) is 15.0 Å². The second kappa shape index (κ2) is 13.3. The number of carbonyl (C=O) groups is 1. The summed E-state index contributed by atoms with van der Waals surface area (Å²) in [6, 6.07) is 28.6. The molecule has 1 aromatic heterocycles. The molecule has 5 aromatic rings. The highest BCUT2D eigenvalue weighted by Gasteiger charge is 2.21. The van der Waals surface area contributed by atoms with E-state index in [9.17, 15) is 9.90 Å². The Morgan fingerprint density at radius 1 is 0.930 bits per heavy atom. The number of halogens is 2. The minimum Gasteiger partial charge on any atom is -0.487 e. The minimum atomic E-state index is -0.943. The number of hydrogen-bond acceptors (Lipinski definition) is 5. The first-order valence-electron chi connectivity index (χ1n) is 13.9. The zero-order chi connectivity index (χ0) is 30.5. The van der Waals surface area contributed by atoms with Crippen molar-refractivity contribution in [3.63, 3.8) is 0 Å². The van der Waals surface area contributed by atoms with Gasteiger partial charge in [-0.25, -0.2) is 9.48 Å². The van der Waals surface area contributed by atoms with Crippen LogP contribution in [0, 0.1) is 6.92 Å². The van der Waals surface area contributed by atoms with E-state index < -0.39 is 5.97 Å². The summed E-state index contributed by atoms with van der Waals surface area (Å²) in [7, 11) is 0. The quantitative estimate of drug-likeness (QED) is 0.161. The lowest BCUT2D eigenvalue weighted by Crippen LogP contribution is -2.22. The molecule has 0 amide bonds. The number of hydrogen-bond donors (Lipinski definition) is 1. The monoisotopic (exact) mass is 614 g/mol. The van der Waals surface area contributed by atoms with Crippen molar-refractivity contribution >= 4 is 34.9 Å². The third-order valence-corrected chi connectivity index (χ3v) is 7.85. The summed E-state index contributed by atoms with van der Waals surface area (Å²) in [5, 5.41) is 19.1. The summed E-state index contributed by atoms with van der Waals surface area (Å²) in [5.41, 5.74) is 6.73. The van der Waals surface area contributed by atoms with Crippen LogP contribution in [0.15, 0.2) is 91.0 Å². The Morgan fingerprint density at radius 2 is 1.63 bits per heavy atom. The van der Waals surface area contributed by atoms with Gasteiger partial charge in [-0.1, -0.05) is 84.7 Å². The Hall–Kier alpha value is -4.33. The van der Waals surface area contributed by atoms with E-state index in [4.69, 9.17) is 27.9 Å². The molecule has 1 N–H and O–H groups in total. The van der Waals surface area contributed by atoms with E-state index in [-0.39, 0.29) is 18.1 Å². The molecule has 0 saturated heterocycles. The Bertz CT molecular complexity index is 1700. The maximum absolute atomic E-state index is 11.4. The van der Waals surface area contributed by atoms with Gasteiger partial charge >= 0.3 is 5.97 Å². The number of aryl methyl sites for hydroxylation is 1. The number of aromatic carboxylic acids is 1. The summed E-state index contributed by atoms with van der Waals surface area (Å²) in [6.07, 6.45) is 0. The van der Waals surface area contributed by atoms with Crippen LogP contribution in [0.2, 0.25) is 10.0 Å². The normalized spacial score (nSPS) is 11.1. The Labute approximate surface area is 261 Å². The second-order valence-electron chi connectivity index (χ2n) is 10.6. The van der Waals surface area contributed by atoms with Crippen LogP contribution < -0.4 is 9.64 Å². The smallest absolute Gasteiger partial charge is 0.335 e. The lowest BCUT2D eigenvalue weighted by molar-refractivity contribution is 0.0697. The fourth-order valence-electron chi connectivity index (χ4n) is 4.92. The first-order valence-corrected chi connectivity index (χ1v) is 14.7. The molecule has 1 heterocycles. The third-order valence-electron chi connectivity index (χ3n) is 7.24. The SMILES string of the molecule is Cc1cc(OCc2c(C(C)C)nnn2-c2c(Cl)cccc2Cl)ccc1CN(Cc1ccccc1)c1ccc(C(=O)O)cc1. The van der Waals surface area contributed by atoms with Crippen molar-refractivity contribution in [3.05, 3.63) is 135 Å². The lowest BCUT2D eigenvalue weighted by Gasteiger charge is -2.26. The highest BCUT2D eigenvalue weighted by atomic mass is 35.5. The molecule has 43 heavy (non-hydrogen) atoms. The molecule has 220 valence electrons. The van der Waals surface area contributed by atoms with E-state index in [2.05, 4.69) is 54.2 Å². The van der Waals surface area contributed by atoms with E-state index in [1.165, 1.54) is 0 Å². The predicted octanol–water partition coefficient (Wildman–Crippen LogP) is 8.49. The first kappa shape index (κ1) is 30.1. The number of benzene rings is 4. The maximum atomic E-state index is 11.4. The third kappa shape index (κ3) is 7.01. The zero-order valence-electron chi connectivity index (χ0n) is 24.2. The van der Waals surface area contributed by atoms with Gasteiger partial charge in [0.15, 0.2) is 0 Å². The molecule has 4 aromatic carbocycles. The second-order valence-corrected chi connectivity index (χ2v) is 11.4. The van der Waals surface area contributed by atoms with Crippen molar-refractivity contribution < 1.29 is 14.6 Å². The van der Waals surface area contributed by atoms with Crippen molar-refractivity contribution in [2.75, 3.05) is 4.90 Å². The van der Waals surface area contributed by atoms with Gasteiger partial charge in [0, 0.05) is 18.8 Å². The summed E-state index contributed by atoms with van der Waals surface area (Å²) in [4.78, 5) is 13.6. The van der Waals surface area contributed by atoms with Gasteiger partial charge in [0.2, 0.25) is 0 Å². The Kier molecular flexibility index (Phi) is 9.34. The number of para-hydroxylation sites is 1. The van der Waals surface area contributed by atoms with E-state index in [0.717, 1.165) is 39.5 Å². The Balaban J connectivity index is 1.38. The van der Waals surface area contributed by atoms with Gasteiger partial charge < -0.3 is 14.7 Å². The van der Waals surface area contributed by atoms with Gasteiger partial charge in [0.1, 0.15) is 23.7 Å². The molecular weight excluding hydrogens is 583 g/mol. The molecule has 0 fully saturated rings. The maximum Gasteiger partial charge on any atom is 0.335 e. The summed E-state index contributed by atoms with van der Waals surface area (Å²) in [5.74, 6) is -0.103. The average Bonchev–Trinajstić information content (AvgIpc) is 3.41. The fourth-order valence-corrected chi connectivity index (χ4v) is 5.48. The standard InChI is InChI=1S/C34H32Cl2N4O3/c1-22(2)32-31(40(38-37-32)33-29(35)10-7-11-30(33)36)21-43-28-17-14-26(23(3)18-28)20-39(19-24-8-5-4-6-9-24)27-15-12-25(13-16-27)34(41)42/h4-18,22H,19-21H2,1-3H3,(H,41,42). The molecule has 0 aliphatic rings. The molecule has 0 saturated carbocycles. The molecule has 0 unspecified atom stereocenters. The van der Waals surface area contributed by atoms with E-state index >= 15 is 0 Å². The summed E-state index contributed by atoms with van der Waals surface area (Å²) >= 11 is 13.0. The highest BCUT2D eigenvalue weighted by molar-refractivity contribution is 6.37. The molecule has 0 spiro atoms. The molecule has 0 aliphatic heterocycles.